The molecule has 25 heavy (non-hydrogen) atoms. The van der Waals surface area contributed by atoms with E-state index in [4.69, 9.17) is 0 Å². The van der Waals surface area contributed by atoms with Crippen molar-refractivity contribution in [2.45, 2.75) is 40.3 Å². The molecular weight excluding hydrogens is 308 g/mol. The fourth-order valence-corrected chi connectivity index (χ4v) is 3.22. The second-order valence-electron chi connectivity index (χ2n) is 6.90. The van der Waals surface area contributed by atoms with E-state index in [1.54, 1.807) is 6.07 Å². The summed E-state index contributed by atoms with van der Waals surface area (Å²) in [6.45, 7) is 8.95. The minimum Gasteiger partial charge on any atom is -0.357 e. The minimum absolute atomic E-state index is 0.0965. The van der Waals surface area contributed by atoms with E-state index in [9.17, 15) is 4.79 Å². The lowest BCUT2D eigenvalue weighted by Crippen LogP contribution is -2.25. The number of aromatic amines is 1. The van der Waals surface area contributed by atoms with Crippen molar-refractivity contribution in [2.75, 3.05) is 6.54 Å². The van der Waals surface area contributed by atoms with E-state index in [1.807, 2.05) is 25.1 Å². The van der Waals surface area contributed by atoms with Crippen LogP contribution in [-0.4, -0.2) is 16.4 Å². The third-order valence-electron chi connectivity index (χ3n) is 4.50. The maximum Gasteiger partial charge on any atom is 0.189 e. The van der Waals surface area contributed by atoms with E-state index in [2.05, 4.69) is 48.0 Å². The van der Waals surface area contributed by atoms with Gasteiger partial charge in [-0.1, -0.05) is 48.4 Å². The third-order valence-corrected chi connectivity index (χ3v) is 4.50. The van der Waals surface area contributed by atoms with Gasteiger partial charge in [-0.2, -0.15) is 0 Å². The van der Waals surface area contributed by atoms with Crippen LogP contribution in [0.4, 0.5) is 0 Å². The van der Waals surface area contributed by atoms with E-state index in [0.717, 1.165) is 48.2 Å². The van der Waals surface area contributed by atoms with Crippen molar-refractivity contribution >= 4 is 10.9 Å². The normalized spacial score (nSPS) is 11.4. The van der Waals surface area contributed by atoms with Crippen LogP contribution in [0.3, 0.4) is 0 Å². The molecule has 0 saturated heterocycles. The van der Waals surface area contributed by atoms with Gasteiger partial charge in [-0.05, 0) is 44.5 Å². The molecule has 0 radical (unpaired) electrons. The highest BCUT2D eigenvalue weighted by Crippen LogP contribution is 2.14. The molecule has 0 spiro atoms. The summed E-state index contributed by atoms with van der Waals surface area (Å²) in [6, 6.07) is 16.4. The molecule has 1 heterocycles. The maximum absolute atomic E-state index is 12.4. The first-order valence-electron chi connectivity index (χ1n) is 8.95. The van der Waals surface area contributed by atoms with Gasteiger partial charge in [0, 0.05) is 35.8 Å². The topological polar surface area (TPSA) is 36.1 Å². The smallest absolute Gasteiger partial charge is 0.189 e. The van der Waals surface area contributed by atoms with Gasteiger partial charge in [0.15, 0.2) is 5.43 Å². The van der Waals surface area contributed by atoms with Crippen LogP contribution < -0.4 is 5.43 Å². The molecule has 3 heteroatoms. The molecule has 0 atom stereocenters. The van der Waals surface area contributed by atoms with Crippen LogP contribution in [0.2, 0.25) is 0 Å². The van der Waals surface area contributed by atoms with Crippen LogP contribution in [0.15, 0.2) is 53.3 Å². The molecule has 3 nitrogen and oxygen atoms in total. The summed E-state index contributed by atoms with van der Waals surface area (Å²) in [5.74, 6) is 0. The Labute approximate surface area is 149 Å². The number of pyridine rings is 1. The van der Waals surface area contributed by atoms with Crippen LogP contribution in [0.1, 0.15) is 35.7 Å². The Kier molecular flexibility index (Phi) is 5.34. The molecule has 0 unspecified atom stereocenters. The van der Waals surface area contributed by atoms with E-state index >= 15 is 0 Å². The number of hydrogen-bond acceptors (Lipinski definition) is 2. The van der Waals surface area contributed by atoms with Gasteiger partial charge in [-0.15, -0.1) is 0 Å². The maximum atomic E-state index is 12.4. The predicted octanol–water partition coefficient (Wildman–Crippen LogP) is 4.56. The highest BCUT2D eigenvalue weighted by Gasteiger charge is 2.09. The number of benzene rings is 2. The van der Waals surface area contributed by atoms with Gasteiger partial charge in [0.25, 0.3) is 0 Å². The number of hydrogen-bond donors (Lipinski definition) is 1. The van der Waals surface area contributed by atoms with Crippen molar-refractivity contribution < 1.29 is 0 Å². The summed E-state index contributed by atoms with van der Waals surface area (Å²) >= 11 is 0. The van der Waals surface area contributed by atoms with E-state index < -0.39 is 0 Å². The van der Waals surface area contributed by atoms with Gasteiger partial charge >= 0.3 is 0 Å². The van der Waals surface area contributed by atoms with Crippen molar-refractivity contribution in [3.8, 4) is 0 Å². The minimum atomic E-state index is 0.0965. The van der Waals surface area contributed by atoms with E-state index in [-0.39, 0.29) is 5.43 Å². The summed E-state index contributed by atoms with van der Waals surface area (Å²) in [6.07, 6.45) is 1.09. The first kappa shape index (κ1) is 17.4. The lowest BCUT2D eigenvalue weighted by Gasteiger charge is -2.22. The van der Waals surface area contributed by atoms with Gasteiger partial charge in [0.2, 0.25) is 0 Å². The zero-order valence-corrected chi connectivity index (χ0v) is 15.3. The average molecular weight is 334 g/mol. The summed E-state index contributed by atoms with van der Waals surface area (Å²) in [7, 11) is 0. The fourth-order valence-electron chi connectivity index (χ4n) is 3.22. The Balaban J connectivity index is 1.84. The Morgan fingerprint density at radius 2 is 1.64 bits per heavy atom. The number of aromatic nitrogens is 1. The Bertz CT molecular complexity index is 909. The second kappa shape index (κ2) is 7.66. The Hall–Kier alpha value is -2.39. The summed E-state index contributed by atoms with van der Waals surface area (Å²) in [4.78, 5) is 18.3. The monoisotopic (exact) mass is 334 g/mol. The average Bonchev–Trinajstić information content (AvgIpc) is 2.58. The van der Waals surface area contributed by atoms with Crippen LogP contribution >= 0.6 is 0 Å². The van der Waals surface area contributed by atoms with Gasteiger partial charge in [-0.25, -0.2) is 0 Å². The number of rotatable bonds is 6. The molecule has 0 aliphatic heterocycles. The molecule has 0 aliphatic rings. The standard InChI is InChI=1S/C22H26N2O/c1-4-11-24(14-18-8-5-16(2)6-9-18)15-19-13-22(25)20-12-17(3)7-10-21(20)23-19/h5-10,12-13H,4,11,14-15H2,1-3H3,(H,23,25). The Morgan fingerprint density at radius 3 is 2.36 bits per heavy atom. The third kappa shape index (κ3) is 4.37. The first-order valence-corrected chi connectivity index (χ1v) is 8.95. The summed E-state index contributed by atoms with van der Waals surface area (Å²) in [5.41, 5.74) is 5.68. The van der Waals surface area contributed by atoms with Crippen molar-refractivity contribution in [1.82, 2.24) is 9.88 Å². The molecule has 1 N–H and O–H groups in total. The number of fused-ring (bicyclic) bond motifs is 1. The van der Waals surface area contributed by atoms with Crippen molar-refractivity contribution in [3.05, 3.63) is 81.1 Å². The first-order chi connectivity index (χ1) is 12.0. The fraction of sp³-hybridized carbons (Fsp3) is 0.318. The van der Waals surface area contributed by atoms with E-state index in [0.29, 0.717) is 0 Å². The molecule has 0 aliphatic carbocycles. The molecule has 1 aromatic heterocycles. The van der Waals surface area contributed by atoms with Crippen LogP contribution in [0.5, 0.6) is 0 Å². The molecular formula is C22H26N2O. The predicted molar refractivity (Wildman–Crippen MR) is 105 cm³/mol. The molecule has 3 rings (SSSR count). The molecule has 0 fully saturated rings. The van der Waals surface area contributed by atoms with Crippen LogP contribution in [0, 0.1) is 13.8 Å². The van der Waals surface area contributed by atoms with Crippen LogP contribution in [-0.2, 0) is 13.1 Å². The second-order valence-corrected chi connectivity index (χ2v) is 6.90. The van der Waals surface area contributed by atoms with Gasteiger partial charge in [0.05, 0.1) is 0 Å². The largest absolute Gasteiger partial charge is 0.357 e. The molecule has 0 saturated carbocycles. The molecule has 0 bridgehead atoms. The number of nitrogens with zero attached hydrogens (tertiary/aromatic N) is 1. The molecule has 2 aromatic carbocycles. The van der Waals surface area contributed by atoms with Gasteiger partial charge < -0.3 is 4.98 Å². The van der Waals surface area contributed by atoms with Crippen molar-refractivity contribution in [3.63, 3.8) is 0 Å². The molecule has 130 valence electrons. The van der Waals surface area contributed by atoms with Crippen LogP contribution in [0.25, 0.3) is 10.9 Å². The highest BCUT2D eigenvalue weighted by atomic mass is 16.1. The molecule has 3 aromatic rings. The molecule has 0 amide bonds. The quantitative estimate of drug-likeness (QED) is 0.717. The van der Waals surface area contributed by atoms with Crippen molar-refractivity contribution in [2.24, 2.45) is 0 Å². The number of aryl methyl sites for hydroxylation is 2. The summed E-state index contributed by atoms with van der Waals surface area (Å²) < 4.78 is 0. The zero-order chi connectivity index (χ0) is 17.8. The van der Waals surface area contributed by atoms with E-state index in [1.165, 1.54) is 11.1 Å². The van der Waals surface area contributed by atoms with Crippen molar-refractivity contribution in [1.29, 1.82) is 0 Å². The van der Waals surface area contributed by atoms with Gasteiger partial charge in [0.1, 0.15) is 0 Å². The number of H-pyrrole nitrogens is 1. The van der Waals surface area contributed by atoms with Gasteiger partial charge in [-0.3, -0.25) is 9.69 Å². The lowest BCUT2D eigenvalue weighted by atomic mass is 10.1. The summed E-state index contributed by atoms with van der Waals surface area (Å²) in [5, 5.41) is 0.768. The highest BCUT2D eigenvalue weighted by molar-refractivity contribution is 5.79. The number of nitrogens with one attached hydrogen (secondary N) is 1. The SMILES string of the molecule is CCCN(Cc1ccc(C)cc1)Cc1cc(=O)c2cc(C)ccc2[nH]1. The zero-order valence-electron chi connectivity index (χ0n) is 15.3. The lowest BCUT2D eigenvalue weighted by molar-refractivity contribution is 0.254. The Morgan fingerprint density at radius 1 is 0.920 bits per heavy atom.